The Morgan fingerprint density at radius 1 is 1.58 bits per heavy atom. The monoisotopic (exact) mass is 164 g/mol. The second kappa shape index (κ2) is 2.19. The van der Waals surface area contributed by atoms with E-state index < -0.39 is 0 Å². The van der Waals surface area contributed by atoms with Gasteiger partial charge in [-0.1, -0.05) is 13.8 Å². The molecular formula is C9H12N2O. The molecule has 0 spiro atoms. The Balaban J connectivity index is 2.52. The van der Waals surface area contributed by atoms with Crippen LogP contribution in [0.3, 0.4) is 0 Å². The van der Waals surface area contributed by atoms with Crippen LogP contribution in [0.15, 0.2) is 6.20 Å². The highest BCUT2D eigenvalue weighted by Crippen LogP contribution is 2.33. The molecule has 0 bridgehead atoms. The highest BCUT2D eigenvalue weighted by atomic mass is 16.1. The van der Waals surface area contributed by atoms with E-state index >= 15 is 0 Å². The molecule has 0 aromatic carbocycles. The van der Waals surface area contributed by atoms with E-state index in [1.54, 1.807) is 0 Å². The second-order valence-electron chi connectivity index (χ2n) is 4.04. The number of H-pyrrole nitrogens is 1. The third kappa shape index (κ3) is 0.967. The maximum atomic E-state index is 11.3. The van der Waals surface area contributed by atoms with Gasteiger partial charge in [0.1, 0.15) is 5.78 Å². The molecule has 0 unspecified atom stereocenters. The summed E-state index contributed by atoms with van der Waals surface area (Å²) < 4.78 is 0. The molecule has 12 heavy (non-hydrogen) atoms. The van der Waals surface area contributed by atoms with E-state index in [4.69, 9.17) is 0 Å². The first-order chi connectivity index (χ1) is 5.59. The van der Waals surface area contributed by atoms with E-state index in [1.807, 2.05) is 6.20 Å². The van der Waals surface area contributed by atoms with Gasteiger partial charge in [-0.05, 0) is 11.0 Å². The van der Waals surface area contributed by atoms with E-state index in [0.29, 0.717) is 18.6 Å². The molecule has 1 aromatic heterocycles. The summed E-state index contributed by atoms with van der Waals surface area (Å²) in [5.41, 5.74) is 2.16. The second-order valence-corrected chi connectivity index (χ2v) is 4.04. The summed E-state index contributed by atoms with van der Waals surface area (Å²) in [7, 11) is 0. The zero-order valence-corrected chi connectivity index (χ0v) is 7.35. The molecule has 0 fully saturated rings. The third-order valence-corrected chi connectivity index (χ3v) is 2.46. The van der Waals surface area contributed by atoms with Crippen LogP contribution in [-0.4, -0.2) is 16.0 Å². The normalized spacial score (nSPS) is 20.7. The van der Waals surface area contributed by atoms with Crippen molar-refractivity contribution < 1.29 is 4.79 Å². The van der Waals surface area contributed by atoms with E-state index in [9.17, 15) is 4.79 Å². The van der Waals surface area contributed by atoms with Crippen molar-refractivity contribution in [2.75, 3.05) is 0 Å². The smallest absolute Gasteiger partial charge is 0.139 e. The number of carbonyl (C=O) groups is 1. The molecule has 3 nitrogen and oxygen atoms in total. The Bertz CT molecular complexity index is 325. The van der Waals surface area contributed by atoms with Crippen LogP contribution in [-0.2, 0) is 16.6 Å². The van der Waals surface area contributed by atoms with Crippen molar-refractivity contribution in [2.24, 2.45) is 0 Å². The Morgan fingerprint density at radius 2 is 2.33 bits per heavy atom. The lowest BCUT2D eigenvalue weighted by atomic mass is 9.75. The van der Waals surface area contributed by atoms with Gasteiger partial charge < -0.3 is 0 Å². The van der Waals surface area contributed by atoms with Gasteiger partial charge in [0.2, 0.25) is 0 Å². The van der Waals surface area contributed by atoms with Crippen molar-refractivity contribution in [3.05, 3.63) is 17.5 Å². The fourth-order valence-corrected chi connectivity index (χ4v) is 1.88. The van der Waals surface area contributed by atoms with Crippen molar-refractivity contribution in [3.8, 4) is 0 Å². The minimum atomic E-state index is -0.0301. The molecule has 0 saturated heterocycles. The molecule has 2 rings (SSSR count). The Hall–Kier alpha value is -1.12. The molecule has 1 aliphatic carbocycles. The van der Waals surface area contributed by atoms with Gasteiger partial charge >= 0.3 is 0 Å². The summed E-state index contributed by atoms with van der Waals surface area (Å²) in [6.07, 6.45) is 3.00. The number of carbonyl (C=O) groups excluding carboxylic acids is 1. The minimum absolute atomic E-state index is 0.0301. The van der Waals surface area contributed by atoms with Crippen molar-refractivity contribution in [1.82, 2.24) is 10.2 Å². The van der Waals surface area contributed by atoms with E-state index in [0.717, 1.165) is 5.69 Å². The average Bonchev–Trinajstić information content (AvgIpc) is 2.32. The van der Waals surface area contributed by atoms with Crippen LogP contribution in [0.2, 0.25) is 0 Å². The van der Waals surface area contributed by atoms with Gasteiger partial charge in [0.05, 0.1) is 6.20 Å². The number of hydrogen-bond acceptors (Lipinski definition) is 2. The third-order valence-electron chi connectivity index (χ3n) is 2.46. The van der Waals surface area contributed by atoms with Gasteiger partial charge in [-0.15, -0.1) is 0 Å². The first-order valence-corrected chi connectivity index (χ1v) is 4.14. The number of aromatic nitrogens is 2. The van der Waals surface area contributed by atoms with Crippen LogP contribution in [0.1, 0.15) is 31.5 Å². The lowest BCUT2D eigenvalue weighted by molar-refractivity contribution is -0.120. The van der Waals surface area contributed by atoms with Crippen LogP contribution < -0.4 is 0 Å². The molecule has 64 valence electrons. The van der Waals surface area contributed by atoms with Gasteiger partial charge in [0.15, 0.2) is 0 Å². The minimum Gasteiger partial charge on any atom is -0.299 e. The van der Waals surface area contributed by atoms with Crippen LogP contribution in [0, 0.1) is 0 Å². The van der Waals surface area contributed by atoms with Gasteiger partial charge in [-0.25, -0.2) is 0 Å². The first kappa shape index (κ1) is 7.53. The topological polar surface area (TPSA) is 45.8 Å². The summed E-state index contributed by atoms with van der Waals surface area (Å²) in [5, 5.41) is 6.83. The van der Waals surface area contributed by atoms with Crippen LogP contribution >= 0.6 is 0 Å². The maximum Gasteiger partial charge on any atom is 0.139 e. The number of aromatic amines is 1. The largest absolute Gasteiger partial charge is 0.299 e. The molecule has 1 aromatic rings. The maximum absolute atomic E-state index is 11.3. The van der Waals surface area contributed by atoms with Gasteiger partial charge in [0.25, 0.3) is 0 Å². The van der Waals surface area contributed by atoms with Gasteiger partial charge in [0, 0.05) is 18.5 Å². The van der Waals surface area contributed by atoms with Crippen LogP contribution in [0.25, 0.3) is 0 Å². The number of hydrogen-bond donors (Lipinski definition) is 1. The standard InChI is InChI=1S/C9H12N2O/c1-9(2)4-6(12)3-8-7(9)5-10-11-8/h5H,3-4H2,1-2H3,(H,10,11). The SMILES string of the molecule is CC1(C)CC(=O)Cc2[nH]ncc21. The number of nitrogens with zero attached hydrogens (tertiary/aromatic N) is 1. The molecule has 0 aliphatic heterocycles. The molecule has 1 N–H and O–H groups in total. The Labute approximate surface area is 71.2 Å². The lowest BCUT2D eigenvalue weighted by Gasteiger charge is -2.27. The zero-order valence-electron chi connectivity index (χ0n) is 7.35. The summed E-state index contributed by atoms with van der Waals surface area (Å²) in [6, 6.07) is 0. The summed E-state index contributed by atoms with van der Waals surface area (Å²) in [4.78, 5) is 11.3. The number of fused-ring (bicyclic) bond motifs is 1. The summed E-state index contributed by atoms with van der Waals surface area (Å²) >= 11 is 0. The highest BCUT2D eigenvalue weighted by Gasteiger charge is 2.32. The first-order valence-electron chi connectivity index (χ1n) is 4.14. The molecule has 0 saturated carbocycles. The van der Waals surface area contributed by atoms with Crippen molar-refractivity contribution >= 4 is 5.78 Å². The molecule has 1 heterocycles. The molecular weight excluding hydrogens is 152 g/mol. The van der Waals surface area contributed by atoms with Crippen molar-refractivity contribution in [1.29, 1.82) is 0 Å². The Morgan fingerprint density at radius 3 is 3.08 bits per heavy atom. The van der Waals surface area contributed by atoms with Crippen LogP contribution in [0.4, 0.5) is 0 Å². The number of ketones is 1. The van der Waals surface area contributed by atoms with Crippen molar-refractivity contribution in [3.63, 3.8) is 0 Å². The van der Waals surface area contributed by atoms with E-state index in [-0.39, 0.29) is 5.41 Å². The highest BCUT2D eigenvalue weighted by molar-refractivity contribution is 5.84. The van der Waals surface area contributed by atoms with E-state index in [2.05, 4.69) is 24.0 Å². The number of nitrogens with one attached hydrogen (secondary N) is 1. The predicted molar refractivity (Wildman–Crippen MR) is 44.9 cm³/mol. The fraction of sp³-hybridized carbons (Fsp3) is 0.556. The molecule has 0 atom stereocenters. The number of rotatable bonds is 0. The van der Waals surface area contributed by atoms with Gasteiger partial charge in [-0.3, -0.25) is 9.89 Å². The fourth-order valence-electron chi connectivity index (χ4n) is 1.88. The van der Waals surface area contributed by atoms with E-state index in [1.165, 1.54) is 5.56 Å². The number of Topliss-reactive ketones (excluding diaryl/α,β-unsaturated/α-hetero) is 1. The molecule has 0 amide bonds. The van der Waals surface area contributed by atoms with Gasteiger partial charge in [-0.2, -0.15) is 5.10 Å². The lowest BCUT2D eigenvalue weighted by Crippen LogP contribution is -2.28. The zero-order chi connectivity index (χ0) is 8.77. The summed E-state index contributed by atoms with van der Waals surface area (Å²) in [5.74, 6) is 0.303. The summed E-state index contributed by atoms with van der Waals surface area (Å²) in [6.45, 7) is 4.16. The van der Waals surface area contributed by atoms with Crippen LogP contribution in [0.5, 0.6) is 0 Å². The van der Waals surface area contributed by atoms with Crippen molar-refractivity contribution in [2.45, 2.75) is 32.1 Å². The average molecular weight is 164 g/mol. The molecule has 1 aliphatic rings. The Kier molecular flexibility index (Phi) is 1.37. The quantitative estimate of drug-likeness (QED) is 0.626. The molecule has 3 heteroatoms. The predicted octanol–water partition coefficient (Wildman–Crippen LogP) is 1.20. The molecule has 0 radical (unpaired) electrons.